The average Bonchev–Trinajstić information content (AvgIpc) is 3.42. The SMILES string of the molecule is C=CCn1c(SC(C)C(=O)Nc2ccccc2F)nc2scc(-c3cccs3)c2c1=O. The van der Waals surface area contributed by atoms with Gasteiger partial charge in [-0.3, -0.25) is 14.2 Å². The van der Waals surface area contributed by atoms with Crippen LogP contribution in [0.15, 0.2) is 69.8 Å². The molecule has 0 aliphatic carbocycles. The molecule has 1 amide bonds. The largest absolute Gasteiger partial charge is 0.323 e. The fraction of sp³-hybridized carbons (Fsp3) is 0.136. The number of thioether (sulfide) groups is 1. The van der Waals surface area contributed by atoms with Gasteiger partial charge in [-0.25, -0.2) is 9.37 Å². The summed E-state index contributed by atoms with van der Waals surface area (Å²) in [6.07, 6.45) is 1.63. The number of carbonyl (C=O) groups is 1. The number of thiophene rings is 2. The predicted molar refractivity (Wildman–Crippen MR) is 128 cm³/mol. The molecule has 0 aliphatic heterocycles. The topological polar surface area (TPSA) is 64.0 Å². The van der Waals surface area contributed by atoms with Gasteiger partial charge in [0, 0.05) is 22.4 Å². The number of hydrogen-bond acceptors (Lipinski definition) is 6. The van der Waals surface area contributed by atoms with Crippen LogP contribution < -0.4 is 10.9 Å². The highest BCUT2D eigenvalue weighted by Gasteiger charge is 2.22. The van der Waals surface area contributed by atoms with Crippen LogP contribution in [0.25, 0.3) is 20.7 Å². The lowest BCUT2D eigenvalue weighted by Crippen LogP contribution is -2.27. The number of halogens is 1. The van der Waals surface area contributed by atoms with E-state index in [0.29, 0.717) is 15.4 Å². The Hall–Kier alpha value is -2.75. The summed E-state index contributed by atoms with van der Waals surface area (Å²) in [6.45, 7) is 5.71. The Morgan fingerprint density at radius 2 is 2.13 bits per heavy atom. The number of allylic oxidation sites excluding steroid dienone is 1. The van der Waals surface area contributed by atoms with E-state index in [1.807, 2.05) is 22.9 Å². The molecule has 0 radical (unpaired) electrons. The maximum Gasteiger partial charge on any atom is 0.263 e. The first-order valence-corrected chi connectivity index (χ1v) is 12.0. The van der Waals surface area contributed by atoms with Gasteiger partial charge < -0.3 is 5.32 Å². The van der Waals surface area contributed by atoms with Crippen LogP contribution in [-0.4, -0.2) is 20.7 Å². The van der Waals surface area contributed by atoms with Crippen molar-refractivity contribution in [2.75, 3.05) is 5.32 Å². The Balaban J connectivity index is 1.67. The number of amides is 1. The number of rotatable bonds is 7. The highest BCUT2D eigenvalue weighted by Crippen LogP contribution is 2.35. The molecule has 0 saturated carbocycles. The zero-order chi connectivity index (χ0) is 22.0. The van der Waals surface area contributed by atoms with Gasteiger partial charge in [-0.2, -0.15) is 0 Å². The van der Waals surface area contributed by atoms with Gasteiger partial charge in [-0.15, -0.1) is 29.3 Å². The average molecular weight is 472 g/mol. The van der Waals surface area contributed by atoms with Gasteiger partial charge in [0.15, 0.2) is 5.16 Å². The number of nitrogens with zero attached hydrogens (tertiary/aromatic N) is 2. The Morgan fingerprint density at radius 3 is 2.84 bits per heavy atom. The fourth-order valence-corrected chi connectivity index (χ4v) is 5.73. The molecule has 1 unspecified atom stereocenters. The predicted octanol–water partition coefficient (Wildman–Crippen LogP) is 5.63. The van der Waals surface area contributed by atoms with E-state index in [-0.39, 0.29) is 23.7 Å². The Labute approximate surface area is 190 Å². The van der Waals surface area contributed by atoms with Crippen LogP contribution in [0, 0.1) is 5.82 Å². The number of anilines is 1. The Morgan fingerprint density at radius 1 is 1.32 bits per heavy atom. The molecule has 4 rings (SSSR count). The van der Waals surface area contributed by atoms with Crippen LogP contribution >= 0.6 is 34.4 Å². The second-order valence-electron chi connectivity index (χ2n) is 6.63. The van der Waals surface area contributed by atoms with Crippen LogP contribution in [-0.2, 0) is 11.3 Å². The van der Waals surface area contributed by atoms with E-state index in [0.717, 1.165) is 22.2 Å². The van der Waals surface area contributed by atoms with Gasteiger partial charge >= 0.3 is 0 Å². The van der Waals surface area contributed by atoms with Gasteiger partial charge in [0.2, 0.25) is 5.91 Å². The molecule has 3 aromatic heterocycles. The molecule has 31 heavy (non-hydrogen) atoms. The van der Waals surface area contributed by atoms with Gasteiger partial charge in [-0.05, 0) is 30.5 Å². The van der Waals surface area contributed by atoms with Crippen molar-refractivity contribution in [3.63, 3.8) is 0 Å². The molecular weight excluding hydrogens is 453 g/mol. The summed E-state index contributed by atoms with van der Waals surface area (Å²) in [6, 6.07) is 9.91. The summed E-state index contributed by atoms with van der Waals surface area (Å²) in [5.74, 6) is -0.879. The van der Waals surface area contributed by atoms with Crippen molar-refractivity contribution in [3.05, 3.63) is 76.0 Å². The Bertz CT molecular complexity index is 1310. The fourth-order valence-electron chi connectivity index (χ4n) is 3.01. The number of para-hydroxylation sites is 1. The van der Waals surface area contributed by atoms with Crippen LogP contribution in [0.3, 0.4) is 0 Å². The minimum absolute atomic E-state index is 0.116. The standard InChI is InChI=1S/C22H18FN3O2S3/c1-3-10-26-21(28)18-14(17-9-6-11-29-17)12-30-20(18)25-22(26)31-13(2)19(27)24-16-8-5-4-7-15(16)23/h3-9,11-13H,1,10H2,2H3,(H,24,27). The second kappa shape index (κ2) is 9.17. The molecule has 5 nitrogen and oxygen atoms in total. The number of nitrogens with one attached hydrogen (secondary N) is 1. The summed E-state index contributed by atoms with van der Waals surface area (Å²) >= 11 is 4.12. The summed E-state index contributed by atoms with van der Waals surface area (Å²) in [4.78, 5) is 32.3. The molecule has 158 valence electrons. The molecule has 4 aromatic rings. The van der Waals surface area contributed by atoms with Crippen LogP contribution in [0.2, 0.25) is 0 Å². The first-order chi connectivity index (χ1) is 15.0. The first-order valence-electron chi connectivity index (χ1n) is 9.38. The van der Waals surface area contributed by atoms with Crippen molar-refractivity contribution < 1.29 is 9.18 Å². The molecule has 1 aromatic carbocycles. The van der Waals surface area contributed by atoms with E-state index in [1.54, 1.807) is 36.5 Å². The molecule has 1 atom stereocenters. The van der Waals surface area contributed by atoms with Crippen molar-refractivity contribution in [2.45, 2.75) is 23.9 Å². The maximum atomic E-state index is 13.9. The number of carbonyl (C=O) groups excluding carboxylic acids is 1. The van der Waals surface area contributed by atoms with Crippen LogP contribution in [0.5, 0.6) is 0 Å². The lowest BCUT2D eigenvalue weighted by atomic mass is 10.2. The first kappa shape index (κ1) is 21.5. The van der Waals surface area contributed by atoms with Gasteiger partial charge in [0.05, 0.1) is 16.3 Å². The quantitative estimate of drug-likeness (QED) is 0.216. The second-order valence-corrected chi connectivity index (χ2v) is 9.75. The zero-order valence-electron chi connectivity index (χ0n) is 16.5. The van der Waals surface area contributed by atoms with Crippen molar-refractivity contribution in [1.82, 2.24) is 9.55 Å². The highest BCUT2D eigenvalue weighted by molar-refractivity contribution is 8.00. The molecule has 0 spiro atoms. The molecule has 3 heterocycles. The third kappa shape index (κ3) is 4.34. The molecule has 0 bridgehead atoms. The third-order valence-electron chi connectivity index (χ3n) is 4.54. The van der Waals surface area contributed by atoms with Crippen LogP contribution in [0.1, 0.15) is 6.92 Å². The third-order valence-corrected chi connectivity index (χ3v) is 7.41. The van der Waals surface area contributed by atoms with E-state index < -0.39 is 11.1 Å². The van der Waals surface area contributed by atoms with E-state index >= 15 is 0 Å². The number of fused-ring (bicyclic) bond motifs is 1. The van der Waals surface area contributed by atoms with Crippen molar-refractivity contribution in [1.29, 1.82) is 0 Å². The summed E-state index contributed by atoms with van der Waals surface area (Å²) in [7, 11) is 0. The van der Waals surface area contributed by atoms with E-state index in [9.17, 15) is 14.0 Å². The minimum Gasteiger partial charge on any atom is -0.323 e. The number of aromatic nitrogens is 2. The minimum atomic E-state index is -0.600. The number of hydrogen-bond donors (Lipinski definition) is 1. The van der Waals surface area contributed by atoms with Crippen molar-refractivity contribution in [3.8, 4) is 10.4 Å². The molecule has 9 heteroatoms. The normalized spacial score (nSPS) is 12.1. The smallest absolute Gasteiger partial charge is 0.263 e. The molecular formula is C22H18FN3O2S3. The van der Waals surface area contributed by atoms with E-state index in [4.69, 9.17) is 0 Å². The zero-order valence-corrected chi connectivity index (χ0v) is 19.0. The number of benzene rings is 1. The van der Waals surface area contributed by atoms with Gasteiger partial charge in [-0.1, -0.05) is 36.0 Å². The van der Waals surface area contributed by atoms with E-state index in [2.05, 4.69) is 16.9 Å². The lowest BCUT2D eigenvalue weighted by molar-refractivity contribution is -0.115. The van der Waals surface area contributed by atoms with Crippen LogP contribution in [0.4, 0.5) is 10.1 Å². The lowest BCUT2D eigenvalue weighted by Gasteiger charge is -2.15. The van der Waals surface area contributed by atoms with Crippen molar-refractivity contribution in [2.24, 2.45) is 0 Å². The van der Waals surface area contributed by atoms with Crippen molar-refractivity contribution >= 4 is 56.2 Å². The Kier molecular flexibility index (Phi) is 6.35. The summed E-state index contributed by atoms with van der Waals surface area (Å²) < 4.78 is 15.4. The summed E-state index contributed by atoms with van der Waals surface area (Å²) in [5.41, 5.74) is 0.816. The molecule has 0 fully saturated rings. The highest BCUT2D eigenvalue weighted by atomic mass is 32.2. The molecule has 1 N–H and O–H groups in total. The summed E-state index contributed by atoms with van der Waals surface area (Å²) in [5, 5.41) is 6.89. The van der Waals surface area contributed by atoms with Gasteiger partial charge in [0.25, 0.3) is 5.56 Å². The molecule has 0 saturated heterocycles. The maximum absolute atomic E-state index is 13.9. The van der Waals surface area contributed by atoms with E-state index in [1.165, 1.54) is 28.0 Å². The molecule has 0 aliphatic rings. The van der Waals surface area contributed by atoms with Gasteiger partial charge in [0.1, 0.15) is 10.6 Å². The monoisotopic (exact) mass is 471 g/mol.